The van der Waals surface area contributed by atoms with E-state index in [1.165, 1.54) is 19.2 Å². The van der Waals surface area contributed by atoms with Gasteiger partial charge in [0.05, 0.1) is 18.9 Å². The third-order valence-electron chi connectivity index (χ3n) is 5.02. The molecule has 0 spiro atoms. The number of alkyl halides is 3. The van der Waals surface area contributed by atoms with Crippen molar-refractivity contribution in [3.63, 3.8) is 0 Å². The zero-order valence-corrected chi connectivity index (χ0v) is 17.6. The summed E-state index contributed by atoms with van der Waals surface area (Å²) in [6.45, 7) is 1.01. The van der Waals surface area contributed by atoms with Gasteiger partial charge in [-0.25, -0.2) is 4.99 Å². The molecule has 1 aliphatic heterocycles. The second kappa shape index (κ2) is 9.53. The van der Waals surface area contributed by atoms with E-state index in [4.69, 9.17) is 13.9 Å². The summed E-state index contributed by atoms with van der Waals surface area (Å²) in [5, 5.41) is 3.46. The first-order chi connectivity index (χ1) is 15.8. The van der Waals surface area contributed by atoms with Gasteiger partial charge in [0.25, 0.3) is 5.91 Å². The SMILES string of the molecule is COc1cccc2cc(C(=O)NCC3CCCO3)c(=Nc3ccc(OC(F)(F)F)cc3)oc12. The van der Waals surface area contributed by atoms with Gasteiger partial charge >= 0.3 is 6.36 Å². The molecule has 1 fully saturated rings. The largest absolute Gasteiger partial charge is 0.573 e. The summed E-state index contributed by atoms with van der Waals surface area (Å²) >= 11 is 0. The molecule has 3 aromatic rings. The third-order valence-corrected chi connectivity index (χ3v) is 5.02. The molecule has 1 aromatic heterocycles. The van der Waals surface area contributed by atoms with Gasteiger partial charge in [-0.1, -0.05) is 12.1 Å². The quantitative estimate of drug-likeness (QED) is 0.584. The second-order valence-corrected chi connectivity index (χ2v) is 7.34. The van der Waals surface area contributed by atoms with Crippen LogP contribution in [-0.2, 0) is 4.74 Å². The van der Waals surface area contributed by atoms with Crippen molar-refractivity contribution in [2.45, 2.75) is 25.3 Å². The zero-order valence-electron chi connectivity index (χ0n) is 17.6. The molecule has 2 aromatic carbocycles. The first kappa shape index (κ1) is 22.7. The maximum Gasteiger partial charge on any atom is 0.573 e. The first-order valence-electron chi connectivity index (χ1n) is 10.2. The Bertz CT molecular complexity index is 1200. The smallest absolute Gasteiger partial charge is 0.493 e. The molecule has 7 nitrogen and oxygen atoms in total. The normalized spacial score (nSPS) is 16.7. The average Bonchev–Trinajstić information content (AvgIpc) is 3.30. The van der Waals surface area contributed by atoms with Crippen molar-refractivity contribution in [1.82, 2.24) is 5.32 Å². The number of carbonyl (C=O) groups excluding carboxylic acids is 1. The van der Waals surface area contributed by atoms with Gasteiger partial charge in [-0.3, -0.25) is 4.79 Å². The Balaban J connectivity index is 1.72. The number of benzene rings is 2. The molecular weight excluding hydrogens is 441 g/mol. The second-order valence-electron chi connectivity index (χ2n) is 7.34. The topological polar surface area (TPSA) is 82.3 Å². The molecule has 1 N–H and O–H groups in total. The lowest BCUT2D eigenvalue weighted by molar-refractivity contribution is -0.274. The molecule has 174 valence electrons. The highest BCUT2D eigenvalue weighted by atomic mass is 19.4. The molecule has 33 heavy (non-hydrogen) atoms. The molecule has 0 saturated carbocycles. The third kappa shape index (κ3) is 5.64. The van der Waals surface area contributed by atoms with Crippen LogP contribution in [0.2, 0.25) is 0 Å². The maximum absolute atomic E-state index is 13.0. The van der Waals surface area contributed by atoms with Gasteiger partial charge in [-0.15, -0.1) is 13.2 Å². The van der Waals surface area contributed by atoms with Gasteiger partial charge in [0.2, 0.25) is 5.55 Å². The van der Waals surface area contributed by atoms with Crippen LogP contribution < -0.4 is 20.3 Å². The Morgan fingerprint density at radius 2 is 2.00 bits per heavy atom. The minimum atomic E-state index is -4.79. The number of methoxy groups -OCH3 is 1. The van der Waals surface area contributed by atoms with Crippen molar-refractivity contribution < 1.29 is 36.6 Å². The number of ether oxygens (including phenoxy) is 3. The Kier molecular flexibility index (Phi) is 6.55. The molecule has 1 saturated heterocycles. The van der Waals surface area contributed by atoms with Crippen LogP contribution in [0.15, 0.2) is 57.9 Å². The number of carbonyl (C=O) groups is 1. The van der Waals surface area contributed by atoms with Crippen LogP contribution in [0.25, 0.3) is 11.0 Å². The summed E-state index contributed by atoms with van der Waals surface area (Å²) in [6.07, 6.45) is -3.03. The van der Waals surface area contributed by atoms with Gasteiger partial charge in [-0.2, -0.15) is 0 Å². The van der Waals surface area contributed by atoms with E-state index in [2.05, 4.69) is 15.0 Å². The minimum absolute atomic E-state index is 0.0127. The highest BCUT2D eigenvalue weighted by Gasteiger charge is 2.31. The van der Waals surface area contributed by atoms with Crippen LogP contribution in [-0.4, -0.2) is 38.6 Å². The summed E-state index contributed by atoms with van der Waals surface area (Å²) in [5.41, 5.74) is 0.813. The number of fused-ring (bicyclic) bond motifs is 1. The number of hydrogen-bond acceptors (Lipinski definition) is 6. The van der Waals surface area contributed by atoms with Gasteiger partial charge in [0, 0.05) is 18.5 Å². The molecule has 1 unspecified atom stereocenters. The van der Waals surface area contributed by atoms with Crippen LogP contribution in [0.5, 0.6) is 11.5 Å². The summed E-state index contributed by atoms with van der Waals surface area (Å²) in [4.78, 5) is 17.3. The van der Waals surface area contributed by atoms with Crippen LogP contribution in [0.4, 0.5) is 18.9 Å². The fourth-order valence-corrected chi connectivity index (χ4v) is 3.48. The fourth-order valence-electron chi connectivity index (χ4n) is 3.48. The molecule has 10 heteroatoms. The Morgan fingerprint density at radius 1 is 1.21 bits per heavy atom. The minimum Gasteiger partial charge on any atom is -0.493 e. The number of nitrogens with zero attached hydrogens (tertiary/aromatic N) is 1. The van der Waals surface area contributed by atoms with Crippen LogP contribution >= 0.6 is 0 Å². The lowest BCUT2D eigenvalue weighted by Crippen LogP contribution is -2.34. The van der Waals surface area contributed by atoms with Crippen molar-refractivity contribution in [3.8, 4) is 11.5 Å². The number of rotatable bonds is 6. The van der Waals surface area contributed by atoms with Gasteiger partial charge in [-0.05, 0) is 49.2 Å². The Hall–Kier alpha value is -3.53. The van der Waals surface area contributed by atoms with Crippen LogP contribution in [0.3, 0.4) is 0 Å². The molecule has 1 amide bonds. The van der Waals surface area contributed by atoms with E-state index < -0.39 is 12.3 Å². The van der Waals surface area contributed by atoms with Crippen molar-refractivity contribution >= 4 is 22.6 Å². The van der Waals surface area contributed by atoms with Gasteiger partial charge < -0.3 is 23.9 Å². The highest BCUT2D eigenvalue weighted by molar-refractivity contribution is 5.97. The van der Waals surface area contributed by atoms with Gasteiger partial charge in [0.15, 0.2) is 11.3 Å². The average molecular weight is 462 g/mol. The number of halogens is 3. The maximum atomic E-state index is 13.0. The molecular formula is C23H21F3N2O5. The molecule has 0 radical (unpaired) electrons. The van der Waals surface area contributed by atoms with E-state index in [9.17, 15) is 18.0 Å². The van der Waals surface area contributed by atoms with E-state index in [1.807, 2.05) is 0 Å². The molecule has 4 rings (SSSR count). The number of para-hydroxylation sites is 1. The molecule has 0 aliphatic carbocycles. The van der Waals surface area contributed by atoms with E-state index in [0.717, 1.165) is 25.0 Å². The van der Waals surface area contributed by atoms with E-state index in [1.54, 1.807) is 24.3 Å². The Morgan fingerprint density at radius 3 is 2.67 bits per heavy atom. The monoisotopic (exact) mass is 462 g/mol. The van der Waals surface area contributed by atoms with Crippen molar-refractivity contribution in [2.75, 3.05) is 20.3 Å². The summed E-state index contributed by atoms with van der Waals surface area (Å²) in [7, 11) is 1.49. The molecule has 1 atom stereocenters. The van der Waals surface area contributed by atoms with Crippen molar-refractivity contribution in [2.24, 2.45) is 4.99 Å². The van der Waals surface area contributed by atoms with Crippen LogP contribution in [0.1, 0.15) is 23.2 Å². The lowest BCUT2D eigenvalue weighted by atomic mass is 10.1. The number of nitrogens with one attached hydrogen (secondary N) is 1. The Labute approximate surface area is 186 Å². The van der Waals surface area contributed by atoms with E-state index in [0.29, 0.717) is 29.9 Å². The summed E-state index contributed by atoms with van der Waals surface area (Å²) in [5.74, 6) is -0.341. The molecule has 2 heterocycles. The van der Waals surface area contributed by atoms with Crippen LogP contribution in [0, 0.1) is 0 Å². The lowest BCUT2D eigenvalue weighted by Gasteiger charge is -2.12. The predicted octanol–water partition coefficient (Wildman–Crippen LogP) is 4.48. The summed E-state index contributed by atoms with van der Waals surface area (Å²) in [6, 6.07) is 11.8. The first-order valence-corrected chi connectivity index (χ1v) is 10.2. The van der Waals surface area contributed by atoms with Gasteiger partial charge in [0.1, 0.15) is 11.3 Å². The predicted molar refractivity (Wildman–Crippen MR) is 112 cm³/mol. The fraction of sp³-hybridized carbons (Fsp3) is 0.304. The van der Waals surface area contributed by atoms with E-state index in [-0.39, 0.29) is 28.7 Å². The zero-order chi connectivity index (χ0) is 23.4. The molecule has 1 aliphatic rings. The number of amides is 1. The highest BCUT2D eigenvalue weighted by Crippen LogP contribution is 2.26. The standard InChI is InChI=1S/C23H21F3N2O5/c1-30-19-6-2-4-14-12-18(21(29)27-13-17-5-3-11-31-17)22(32-20(14)19)28-15-7-9-16(10-8-15)33-23(24,25)26/h2,4,6-10,12,17H,3,5,11,13H2,1H3,(H,27,29). The number of hydrogen-bond donors (Lipinski definition) is 1. The summed E-state index contributed by atoms with van der Waals surface area (Å²) < 4.78 is 57.9. The molecule has 0 bridgehead atoms. The van der Waals surface area contributed by atoms with Crippen molar-refractivity contribution in [1.29, 1.82) is 0 Å². The van der Waals surface area contributed by atoms with Crippen molar-refractivity contribution in [3.05, 3.63) is 59.6 Å². The van der Waals surface area contributed by atoms with E-state index >= 15 is 0 Å².